The van der Waals surface area contributed by atoms with Gasteiger partial charge in [0, 0.05) is 36.0 Å². The Hall–Kier alpha value is 0.270. The molecular formula is C15H28N2S. The van der Waals surface area contributed by atoms with Gasteiger partial charge in [-0.05, 0) is 51.7 Å². The highest BCUT2D eigenvalue weighted by atomic mass is 32.2. The van der Waals surface area contributed by atoms with Crippen LogP contribution in [-0.2, 0) is 0 Å². The van der Waals surface area contributed by atoms with Gasteiger partial charge in [-0.2, -0.15) is 11.8 Å². The number of nitrogens with one attached hydrogen (secondary N) is 1. The normalized spacial score (nSPS) is 46.5. The molecule has 2 nitrogen and oxygen atoms in total. The molecule has 3 rings (SSSR count). The number of hydrogen-bond donors (Lipinski definition) is 1. The predicted molar refractivity (Wildman–Crippen MR) is 80.2 cm³/mol. The molecule has 3 heteroatoms. The van der Waals surface area contributed by atoms with E-state index in [0.29, 0.717) is 5.54 Å². The maximum Gasteiger partial charge on any atom is 0.0309 e. The third-order valence-corrected chi connectivity index (χ3v) is 6.66. The molecule has 0 amide bonds. The number of piperazine rings is 1. The first-order valence-corrected chi connectivity index (χ1v) is 8.96. The molecule has 2 saturated carbocycles. The van der Waals surface area contributed by atoms with E-state index in [1.165, 1.54) is 45.2 Å². The second-order valence-electron chi connectivity index (χ2n) is 6.87. The van der Waals surface area contributed by atoms with Crippen molar-refractivity contribution in [3.8, 4) is 0 Å². The number of thioether (sulfide) groups is 1. The first-order valence-electron chi connectivity index (χ1n) is 7.67. The molecule has 0 aromatic rings. The van der Waals surface area contributed by atoms with Crippen molar-refractivity contribution in [3.05, 3.63) is 0 Å². The molecule has 0 spiro atoms. The predicted octanol–water partition coefficient (Wildman–Crippen LogP) is 2.73. The van der Waals surface area contributed by atoms with Crippen LogP contribution in [0.2, 0.25) is 0 Å². The monoisotopic (exact) mass is 268 g/mol. The maximum atomic E-state index is 3.85. The van der Waals surface area contributed by atoms with Crippen LogP contribution in [-0.4, -0.2) is 47.1 Å². The zero-order valence-electron chi connectivity index (χ0n) is 12.1. The molecular weight excluding hydrogens is 240 g/mol. The zero-order chi connectivity index (χ0) is 12.8. The number of rotatable bonds is 3. The summed E-state index contributed by atoms with van der Waals surface area (Å²) in [7, 11) is 0. The van der Waals surface area contributed by atoms with Crippen molar-refractivity contribution in [1.82, 2.24) is 10.2 Å². The molecule has 3 aliphatic rings. The smallest absolute Gasteiger partial charge is 0.0309 e. The van der Waals surface area contributed by atoms with Crippen LogP contribution in [0.3, 0.4) is 0 Å². The summed E-state index contributed by atoms with van der Waals surface area (Å²) in [6.07, 6.45) is 9.49. The highest BCUT2D eigenvalue weighted by molar-refractivity contribution is 7.99. The van der Waals surface area contributed by atoms with Gasteiger partial charge in [0.2, 0.25) is 0 Å². The van der Waals surface area contributed by atoms with E-state index in [4.69, 9.17) is 0 Å². The van der Waals surface area contributed by atoms with E-state index >= 15 is 0 Å². The van der Waals surface area contributed by atoms with Gasteiger partial charge in [-0.15, -0.1) is 0 Å². The second kappa shape index (κ2) is 4.99. The molecule has 104 valence electrons. The molecule has 18 heavy (non-hydrogen) atoms. The van der Waals surface area contributed by atoms with Crippen LogP contribution in [0.1, 0.15) is 46.0 Å². The summed E-state index contributed by atoms with van der Waals surface area (Å²) < 4.78 is 0. The summed E-state index contributed by atoms with van der Waals surface area (Å²) in [4.78, 5) is 2.85. The molecule has 1 aliphatic heterocycles. The molecule has 0 aromatic carbocycles. The van der Waals surface area contributed by atoms with Crippen molar-refractivity contribution in [2.75, 3.05) is 19.3 Å². The van der Waals surface area contributed by atoms with E-state index in [2.05, 4.69) is 42.1 Å². The van der Waals surface area contributed by atoms with Crippen molar-refractivity contribution in [3.63, 3.8) is 0 Å². The minimum Gasteiger partial charge on any atom is -0.308 e. The lowest BCUT2D eigenvalue weighted by Crippen LogP contribution is -2.65. The Bertz CT molecular complexity index is 305. The fraction of sp³-hybridized carbons (Fsp3) is 1.00. The van der Waals surface area contributed by atoms with E-state index < -0.39 is 0 Å². The highest BCUT2D eigenvalue weighted by Gasteiger charge is 2.47. The molecule has 1 heterocycles. The average Bonchev–Trinajstić information content (AvgIpc) is 3.12. The zero-order valence-corrected chi connectivity index (χ0v) is 12.9. The largest absolute Gasteiger partial charge is 0.308 e. The molecule has 2 aliphatic carbocycles. The lowest BCUT2D eigenvalue weighted by molar-refractivity contribution is 0.0499. The third-order valence-electron chi connectivity index (χ3n) is 5.50. The van der Waals surface area contributed by atoms with Gasteiger partial charge < -0.3 is 5.32 Å². The Morgan fingerprint density at radius 1 is 1.22 bits per heavy atom. The molecule has 0 radical (unpaired) electrons. The number of nitrogens with zero attached hydrogens (tertiary/aromatic N) is 1. The topological polar surface area (TPSA) is 15.3 Å². The van der Waals surface area contributed by atoms with Gasteiger partial charge in [0.15, 0.2) is 0 Å². The fourth-order valence-corrected chi connectivity index (χ4v) is 5.10. The molecule has 0 aromatic heterocycles. The van der Waals surface area contributed by atoms with E-state index in [9.17, 15) is 0 Å². The van der Waals surface area contributed by atoms with Crippen LogP contribution in [0.15, 0.2) is 0 Å². The summed E-state index contributed by atoms with van der Waals surface area (Å²) in [6, 6.07) is 1.56. The maximum absolute atomic E-state index is 3.85. The van der Waals surface area contributed by atoms with Gasteiger partial charge in [0.25, 0.3) is 0 Å². The van der Waals surface area contributed by atoms with Crippen LogP contribution in [0.25, 0.3) is 0 Å². The van der Waals surface area contributed by atoms with Crippen LogP contribution in [0.5, 0.6) is 0 Å². The van der Waals surface area contributed by atoms with Crippen LogP contribution < -0.4 is 5.32 Å². The first kappa shape index (κ1) is 13.3. The summed E-state index contributed by atoms with van der Waals surface area (Å²) >= 11 is 2.10. The van der Waals surface area contributed by atoms with Gasteiger partial charge in [-0.25, -0.2) is 0 Å². The summed E-state index contributed by atoms with van der Waals surface area (Å²) in [5, 5.41) is 4.73. The molecule has 1 N–H and O–H groups in total. The highest BCUT2D eigenvalue weighted by Crippen LogP contribution is 2.43. The van der Waals surface area contributed by atoms with Gasteiger partial charge >= 0.3 is 0 Å². The third kappa shape index (κ3) is 2.34. The second-order valence-corrected chi connectivity index (χ2v) is 7.94. The van der Waals surface area contributed by atoms with Crippen molar-refractivity contribution < 1.29 is 0 Å². The van der Waals surface area contributed by atoms with Gasteiger partial charge in [0.05, 0.1) is 0 Å². The van der Waals surface area contributed by atoms with E-state index in [-0.39, 0.29) is 0 Å². The first-order chi connectivity index (χ1) is 8.64. The summed E-state index contributed by atoms with van der Waals surface area (Å²) in [5.41, 5.74) is 0.401. The average molecular weight is 268 g/mol. The summed E-state index contributed by atoms with van der Waals surface area (Å²) in [6.45, 7) is 7.34. The van der Waals surface area contributed by atoms with Crippen molar-refractivity contribution >= 4 is 11.8 Å². The van der Waals surface area contributed by atoms with E-state index in [1.54, 1.807) is 0 Å². The number of hydrogen-bond acceptors (Lipinski definition) is 3. The van der Waals surface area contributed by atoms with Crippen molar-refractivity contribution in [2.45, 2.75) is 68.8 Å². The Morgan fingerprint density at radius 3 is 2.67 bits per heavy atom. The minimum atomic E-state index is 0.401. The standard InChI is InChI=1S/C15H28N2S/c1-11-9-16-15(2,12-7-8-12)10-17(11)13-5-4-6-14(13)18-3/h11-14,16H,4-10H2,1-3H3. The Labute approximate surface area is 116 Å². The van der Waals surface area contributed by atoms with Gasteiger partial charge in [-0.3, -0.25) is 4.90 Å². The molecule has 3 fully saturated rings. The SMILES string of the molecule is CSC1CCCC1N1CC(C)(C2CC2)NCC1C. The fourth-order valence-electron chi connectivity index (χ4n) is 4.09. The Balaban J connectivity index is 1.72. The minimum absolute atomic E-state index is 0.401. The van der Waals surface area contributed by atoms with Crippen molar-refractivity contribution in [2.24, 2.45) is 5.92 Å². The molecule has 0 bridgehead atoms. The summed E-state index contributed by atoms with van der Waals surface area (Å²) in [5.74, 6) is 0.946. The van der Waals surface area contributed by atoms with Gasteiger partial charge in [-0.1, -0.05) is 6.42 Å². The molecule has 1 saturated heterocycles. The quantitative estimate of drug-likeness (QED) is 0.847. The van der Waals surface area contributed by atoms with Crippen LogP contribution >= 0.6 is 11.8 Å². The van der Waals surface area contributed by atoms with Crippen LogP contribution in [0.4, 0.5) is 0 Å². The van der Waals surface area contributed by atoms with E-state index in [0.717, 1.165) is 23.3 Å². The lowest BCUT2D eigenvalue weighted by atomic mass is 9.90. The van der Waals surface area contributed by atoms with E-state index in [1.807, 2.05) is 0 Å². The molecule has 4 atom stereocenters. The molecule has 4 unspecified atom stereocenters. The Morgan fingerprint density at radius 2 is 2.00 bits per heavy atom. The Kier molecular flexibility index (Phi) is 3.68. The van der Waals surface area contributed by atoms with Gasteiger partial charge in [0.1, 0.15) is 0 Å². The van der Waals surface area contributed by atoms with Crippen LogP contribution in [0, 0.1) is 5.92 Å². The van der Waals surface area contributed by atoms with Crippen molar-refractivity contribution in [1.29, 1.82) is 0 Å². The lowest BCUT2D eigenvalue weighted by Gasteiger charge is -2.49.